The Kier molecular flexibility index (Phi) is 1.61. The molecule has 1 heterocycles. The highest BCUT2D eigenvalue weighted by Gasteiger charge is 2.42. The molecule has 0 aromatic heterocycles. The van der Waals surface area contributed by atoms with Crippen molar-refractivity contribution in [3.05, 3.63) is 24.3 Å². The lowest BCUT2D eigenvalue weighted by Crippen LogP contribution is -2.37. The molecule has 0 fully saturated rings. The van der Waals surface area contributed by atoms with Crippen molar-refractivity contribution in [1.82, 2.24) is 0 Å². The van der Waals surface area contributed by atoms with Crippen LogP contribution in [0.3, 0.4) is 0 Å². The smallest absolute Gasteiger partial charge is 0.471 e. The number of nitrogens with zero attached hydrogens (tertiary/aromatic N) is 1. The first kappa shape index (κ1) is 8.22. The van der Waals surface area contributed by atoms with Gasteiger partial charge in [-0.1, -0.05) is 12.1 Å². The van der Waals surface area contributed by atoms with Crippen LogP contribution in [0.4, 0.5) is 18.9 Å². The predicted molar refractivity (Wildman–Crippen MR) is 40.5 cm³/mol. The van der Waals surface area contributed by atoms with Crippen LogP contribution in [0.5, 0.6) is 5.75 Å². The van der Waals surface area contributed by atoms with Crippen molar-refractivity contribution in [2.45, 2.75) is 6.30 Å². The third-order valence-electron chi connectivity index (χ3n) is 1.81. The molecule has 0 saturated carbocycles. The minimum atomic E-state index is -4.37. The van der Waals surface area contributed by atoms with Gasteiger partial charge in [-0.3, -0.25) is 0 Å². The molecule has 5 heteroatoms. The molecule has 1 aliphatic heterocycles. The Bertz CT molecular complexity index is 323. The fraction of sp³-hybridized carbons (Fsp3) is 0.250. The Balaban J connectivity index is 2.39. The fourth-order valence-corrected chi connectivity index (χ4v) is 1.22. The minimum absolute atomic E-state index is 0.0787. The van der Waals surface area contributed by atoms with E-state index < -0.39 is 13.0 Å². The summed E-state index contributed by atoms with van der Waals surface area (Å²) < 4.78 is 41.7. The summed E-state index contributed by atoms with van der Waals surface area (Å²) in [4.78, 5) is 0.266. The van der Waals surface area contributed by atoms with Crippen LogP contribution in [0.1, 0.15) is 0 Å². The van der Waals surface area contributed by atoms with E-state index in [-0.39, 0.29) is 16.3 Å². The van der Waals surface area contributed by atoms with E-state index in [0.717, 1.165) is 0 Å². The molecule has 0 aliphatic carbocycles. The van der Waals surface area contributed by atoms with Crippen molar-refractivity contribution in [3.8, 4) is 5.75 Å². The van der Waals surface area contributed by atoms with E-state index in [4.69, 9.17) is 4.74 Å². The maximum absolute atomic E-state index is 12.3. The molecular weight excluding hydrogens is 183 g/mol. The molecule has 0 spiro atoms. The first-order valence-corrected chi connectivity index (χ1v) is 3.65. The molecule has 0 atom stereocenters. The molecule has 1 aliphatic rings. The quantitative estimate of drug-likeness (QED) is 0.581. The van der Waals surface area contributed by atoms with E-state index in [1.165, 1.54) is 12.1 Å². The normalized spacial score (nSPS) is 15.5. The van der Waals surface area contributed by atoms with Gasteiger partial charge in [0.05, 0.1) is 5.69 Å². The summed E-state index contributed by atoms with van der Waals surface area (Å²) in [6.45, 7) is -0.456. The van der Waals surface area contributed by atoms with Gasteiger partial charge in [0.2, 0.25) is 0 Å². The number of alkyl halides is 3. The SMILES string of the molecule is FC(F)(F)N1COc2ccccc21. The number of halogens is 3. The van der Waals surface area contributed by atoms with Crippen molar-refractivity contribution in [1.29, 1.82) is 0 Å². The van der Waals surface area contributed by atoms with Crippen LogP contribution >= 0.6 is 0 Å². The average Bonchev–Trinajstić information content (AvgIpc) is 2.45. The van der Waals surface area contributed by atoms with Crippen molar-refractivity contribution < 1.29 is 17.9 Å². The number of rotatable bonds is 0. The van der Waals surface area contributed by atoms with Gasteiger partial charge in [0.15, 0.2) is 6.73 Å². The molecule has 0 N–H and O–H groups in total. The molecule has 0 bridgehead atoms. The molecule has 1 aromatic rings. The molecule has 2 rings (SSSR count). The van der Waals surface area contributed by atoms with E-state index in [1.807, 2.05) is 0 Å². The van der Waals surface area contributed by atoms with Crippen LogP contribution in [-0.4, -0.2) is 13.0 Å². The molecule has 0 saturated heterocycles. The first-order chi connectivity index (χ1) is 6.09. The lowest BCUT2D eigenvalue weighted by atomic mass is 10.3. The van der Waals surface area contributed by atoms with Gasteiger partial charge in [-0.25, -0.2) is 4.90 Å². The number of anilines is 1. The number of hydrogen-bond acceptors (Lipinski definition) is 2. The number of ether oxygens (including phenoxy) is 1. The molecular formula is C8H6F3NO. The molecule has 70 valence electrons. The Hall–Kier alpha value is -1.39. The summed E-state index contributed by atoms with van der Waals surface area (Å²) in [6.07, 6.45) is -4.37. The summed E-state index contributed by atoms with van der Waals surface area (Å²) in [6, 6.07) is 6.09. The number of para-hydroxylation sites is 2. The molecule has 1 aromatic carbocycles. The monoisotopic (exact) mass is 189 g/mol. The van der Waals surface area contributed by atoms with E-state index in [9.17, 15) is 13.2 Å². The summed E-state index contributed by atoms with van der Waals surface area (Å²) in [5.74, 6) is 0.278. The van der Waals surface area contributed by atoms with Crippen molar-refractivity contribution in [3.63, 3.8) is 0 Å². The van der Waals surface area contributed by atoms with Crippen LogP contribution in [0.25, 0.3) is 0 Å². The topological polar surface area (TPSA) is 12.5 Å². The summed E-state index contributed by atoms with van der Waals surface area (Å²) in [7, 11) is 0. The third-order valence-corrected chi connectivity index (χ3v) is 1.81. The maximum atomic E-state index is 12.3. The Morgan fingerprint density at radius 1 is 1.23 bits per heavy atom. The fourth-order valence-electron chi connectivity index (χ4n) is 1.22. The van der Waals surface area contributed by atoms with Gasteiger partial charge < -0.3 is 4.74 Å². The lowest BCUT2D eigenvalue weighted by Gasteiger charge is -2.19. The largest absolute Gasteiger partial charge is 0.487 e. The van der Waals surface area contributed by atoms with E-state index in [2.05, 4.69) is 0 Å². The highest BCUT2D eigenvalue weighted by atomic mass is 19.4. The van der Waals surface area contributed by atoms with Gasteiger partial charge in [-0.15, -0.1) is 13.2 Å². The Labute approximate surface area is 72.5 Å². The van der Waals surface area contributed by atoms with Crippen LogP contribution in [0.15, 0.2) is 24.3 Å². The molecule has 0 amide bonds. The Morgan fingerprint density at radius 3 is 2.62 bits per heavy atom. The zero-order chi connectivity index (χ0) is 9.47. The van der Waals surface area contributed by atoms with Crippen LogP contribution in [0.2, 0.25) is 0 Å². The second-order valence-corrected chi connectivity index (χ2v) is 2.64. The lowest BCUT2D eigenvalue weighted by molar-refractivity contribution is -0.132. The van der Waals surface area contributed by atoms with Crippen molar-refractivity contribution in [2.24, 2.45) is 0 Å². The van der Waals surface area contributed by atoms with Crippen molar-refractivity contribution >= 4 is 5.69 Å². The van der Waals surface area contributed by atoms with Crippen LogP contribution in [-0.2, 0) is 0 Å². The second kappa shape index (κ2) is 2.55. The van der Waals surface area contributed by atoms with Gasteiger partial charge in [0, 0.05) is 0 Å². The average molecular weight is 189 g/mol. The zero-order valence-corrected chi connectivity index (χ0v) is 6.51. The van der Waals surface area contributed by atoms with Gasteiger partial charge in [0.1, 0.15) is 5.75 Å². The zero-order valence-electron chi connectivity index (χ0n) is 6.51. The van der Waals surface area contributed by atoms with Crippen LogP contribution < -0.4 is 9.64 Å². The maximum Gasteiger partial charge on any atom is 0.487 e. The molecule has 2 nitrogen and oxygen atoms in total. The standard InChI is InChI=1S/C8H6F3NO/c9-8(10,11)12-5-13-7-4-2-1-3-6(7)12/h1-4H,5H2. The van der Waals surface area contributed by atoms with Gasteiger partial charge in [-0.05, 0) is 12.1 Å². The Morgan fingerprint density at radius 2 is 1.92 bits per heavy atom. The molecule has 13 heavy (non-hydrogen) atoms. The minimum Gasteiger partial charge on any atom is -0.471 e. The van der Waals surface area contributed by atoms with Gasteiger partial charge in [-0.2, -0.15) is 0 Å². The predicted octanol–water partition coefficient (Wildman–Crippen LogP) is 2.36. The number of benzene rings is 1. The summed E-state index contributed by atoms with van der Waals surface area (Å²) in [5.41, 5.74) is 0.0787. The summed E-state index contributed by atoms with van der Waals surface area (Å²) in [5, 5.41) is 0. The second-order valence-electron chi connectivity index (χ2n) is 2.64. The summed E-state index contributed by atoms with van der Waals surface area (Å²) >= 11 is 0. The third kappa shape index (κ3) is 1.30. The van der Waals surface area contributed by atoms with E-state index in [1.54, 1.807) is 12.1 Å². The number of hydrogen-bond donors (Lipinski definition) is 0. The molecule has 0 radical (unpaired) electrons. The van der Waals surface area contributed by atoms with E-state index >= 15 is 0 Å². The van der Waals surface area contributed by atoms with Crippen molar-refractivity contribution in [2.75, 3.05) is 11.6 Å². The number of fused-ring (bicyclic) bond motifs is 1. The van der Waals surface area contributed by atoms with Gasteiger partial charge in [0.25, 0.3) is 0 Å². The molecule has 0 unspecified atom stereocenters. The highest BCUT2D eigenvalue weighted by Crippen LogP contribution is 2.39. The van der Waals surface area contributed by atoms with Crippen LogP contribution in [0, 0.1) is 0 Å². The highest BCUT2D eigenvalue weighted by molar-refractivity contribution is 5.61. The van der Waals surface area contributed by atoms with Gasteiger partial charge >= 0.3 is 6.30 Å². The van der Waals surface area contributed by atoms with E-state index in [0.29, 0.717) is 0 Å². The first-order valence-electron chi connectivity index (χ1n) is 3.65.